The molecule has 0 aliphatic heterocycles. The van der Waals surface area contributed by atoms with Crippen molar-refractivity contribution in [1.29, 1.82) is 0 Å². The van der Waals surface area contributed by atoms with Crippen molar-refractivity contribution in [1.82, 2.24) is 0 Å². The molecule has 0 spiro atoms. The average Bonchev–Trinajstić information content (AvgIpc) is 2.70. The van der Waals surface area contributed by atoms with Gasteiger partial charge in [0.15, 0.2) is 6.10 Å². The third-order valence-corrected chi connectivity index (χ3v) is 2.76. The molecule has 1 fully saturated rings. The number of carbonyl (C=O) groups is 1. The largest absolute Gasteiger partial charge is 0.464 e. The first kappa shape index (κ1) is 12.5. The first-order valence-electron chi connectivity index (χ1n) is 6.10. The second-order valence-electron chi connectivity index (χ2n) is 4.07. The van der Waals surface area contributed by atoms with Crippen LogP contribution in [-0.4, -0.2) is 24.8 Å². The van der Waals surface area contributed by atoms with Crippen molar-refractivity contribution in [3.8, 4) is 0 Å². The summed E-state index contributed by atoms with van der Waals surface area (Å²) in [5.41, 5.74) is 0. The van der Waals surface area contributed by atoms with E-state index in [4.69, 9.17) is 9.47 Å². The van der Waals surface area contributed by atoms with E-state index in [0.717, 1.165) is 25.7 Å². The lowest BCUT2D eigenvalue weighted by molar-refractivity contribution is -0.161. The lowest BCUT2D eigenvalue weighted by atomic mass is 10.2. The minimum absolute atomic E-state index is 0.189. The van der Waals surface area contributed by atoms with Crippen LogP contribution in [0.15, 0.2) is 0 Å². The van der Waals surface area contributed by atoms with Gasteiger partial charge in [-0.2, -0.15) is 0 Å². The van der Waals surface area contributed by atoms with Gasteiger partial charge in [0, 0.05) is 0 Å². The predicted octanol–water partition coefficient (Wildman–Crippen LogP) is 2.68. The molecule has 88 valence electrons. The summed E-state index contributed by atoms with van der Waals surface area (Å²) in [6, 6.07) is 0. The highest BCUT2D eigenvalue weighted by molar-refractivity contribution is 5.74. The predicted molar refractivity (Wildman–Crippen MR) is 58.7 cm³/mol. The van der Waals surface area contributed by atoms with Crippen molar-refractivity contribution in [3.63, 3.8) is 0 Å². The van der Waals surface area contributed by atoms with Gasteiger partial charge in [-0.3, -0.25) is 0 Å². The Morgan fingerprint density at radius 1 is 1.33 bits per heavy atom. The average molecular weight is 214 g/mol. The van der Waals surface area contributed by atoms with Gasteiger partial charge in [-0.05, 0) is 26.2 Å². The summed E-state index contributed by atoms with van der Waals surface area (Å²) in [6.07, 6.45) is 6.33. The van der Waals surface area contributed by atoms with Crippen molar-refractivity contribution in [2.45, 2.75) is 64.6 Å². The molecule has 1 rings (SSSR count). The van der Waals surface area contributed by atoms with Crippen LogP contribution in [0.3, 0.4) is 0 Å². The molecule has 0 aromatic carbocycles. The second kappa shape index (κ2) is 6.83. The Hall–Kier alpha value is -0.570. The van der Waals surface area contributed by atoms with Crippen molar-refractivity contribution < 1.29 is 14.3 Å². The number of hydrogen-bond acceptors (Lipinski definition) is 3. The van der Waals surface area contributed by atoms with Crippen LogP contribution in [0.5, 0.6) is 0 Å². The fourth-order valence-corrected chi connectivity index (χ4v) is 2.00. The van der Waals surface area contributed by atoms with Crippen molar-refractivity contribution >= 4 is 5.97 Å². The van der Waals surface area contributed by atoms with Gasteiger partial charge in [0.25, 0.3) is 0 Å². The van der Waals surface area contributed by atoms with Gasteiger partial charge in [-0.15, -0.1) is 0 Å². The topological polar surface area (TPSA) is 35.5 Å². The molecule has 0 heterocycles. The minimum atomic E-state index is -0.335. The quantitative estimate of drug-likeness (QED) is 0.638. The third-order valence-electron chi connectivity index (χ3n) is 2.76. The lowest BCUT2D eigenvalue weighted by Gasteiger charge is -2.19. The fourth-order valence-electron chi connectivity index (χ4n) is 2.00. The Kier molecular flexibility index (Phi) is 5.69. The van der Waals surface area contributed by atoms with Crippen LogP contribution in [0.1, 0.15) is 52.4 Å². The van der Waals surface area contributed by atoms with E-state index in [0.29, 0.717) is 6.61 Å². The fraction of sp³-hybridized carbons (Fsp3) is 0.917. The summed E-state index contributed by atoms with van der Waals surface area (Å²) in [7, 11) is 0. The molecule has 3 nitrogen and oxygen atoms in total. The van der Waals surface area contributed by atoms with Gasteiger partial charge in [-0.25, -0.2) is 4.79 Å². The van der Waals surface area contributed by atoms with Crippen molar-refractivity contribution in [2.24, 2.45) is 0 Å². The third kappa shape index (κ3) is 4.20. The molecule has 0 bridgehead atoms. The molecule has 15 heavy (non-hydrogen) atoms. The van der Waals surface area contributed by atoms with Gasteiger partial charge in [-0.1, -0.05) is 26.2 Å². The van der Waals surface area contributed by atoms with E-state index in [-0.39, 0.29) is 18.2 Å². The number of ether oxygens (including phenoxy) is 2. The monoisotopic (exact) mass is 214 g/mol. The van der Waals surface area contributed by atoms with Gasteiger partial charge < -0.3 is 9.47 Å². The molecule has 3 heteroatoms. The van der Waals surface area contributed by atoms with Crippen LogP contribution in [0.4, 0.5) is 0 Å². The van der Waals surface area contributed by atoms with Crippen LogP contribution < -0.4 is 0 Å². The number of rotatable bonds is 6. The Morgan fingerprint density at radius 2 is 2.00 bits per heavy atom. The van der Waals surface area contributed by atoms with E-state index in [2.05, 4.69) is 6.92 Å². The van der Waals surface area contributed by atoms with E-state index in [9.17, 15) is 4.79 Å². The maximum absolute atomic E-state index is 11.6. The van der Waals surface area contributed by atoms with Crippen LogP contribution in [0.25, 0.3) is 0 Å². The smallest absolute Gasteiger partial charge is 0.335 e. The highest BCUT2D eigenvalue weighted by atomic mass is 16.6. The molecular formula is C12H22O3. The molecule has 1 aliphatic carbocycles. The zero-order valence-corrected chi connectivity index (χ0v) is 9.83. The highest BCUT2D eigenvalue weighted by Crippen LogP contribution is 2.23. The first-order valence-corrected chi connectivity index (χ1v) is 6.10. The van der Waals surface area contributed by atoms with Crippen LogP contribution >= 0.6 is 0 Å². The number of hydrogen-bond donors (Lipinski definition) is 0. The molecular weight excluding hydrogens is 192 g/mol. The summed E-state index contributed by atoms with van der Waals surface area (Å²) >= 11 is 0. The maximum atomic E-state index is 11.6. The molecule has 1 aliphatic rings. The molecule has 1 unspecified atom stereocenters. The summed E-state index contributed by atoms with van der Waals surface area (Å²) in [5.74, 6) is -0.189. The highest BCUT2D eigenvalue weighted by Gasteiger charge is 2.25. The molecule has 0 aromatic heterocycles. The summed E-state index contributed by atoms with van der Waals surface area (Å²) < 4.78 is 10.8. The summed E-state index contributed by atoms with van der Waals surface area (Å²) in [5, 5.41) is 0. The maximum Gasteiger partial charge on any atom is 0.335 e. The zero-order chi connectivity index (χ0) is 11.1. The van der Waals surface area contributed by atoms with E-state index in [1.807, 2.05) is 6.92 Å². The number of esters is 1. The van der Waals surface area contributed by atoms with Gasteiger partial charge >= 0.3 is 5.97 Å². The van der Waals surface area contributed by atoms with Crippen LogP contribution in [-0.2, 0) is 14.3 Å². The Balaban J connectivity index is 2.37. The van der Waals surface area contributed by atoms with E-state index in [1.165, 1.54) is 12.8 Å². The van der Waals surface area contributed by atoms with Gasteiger partial charge in [0.1, 0.15) is 0 Å². The van der Waals surface area contributed by atoms with E-state index >= 15 is 0 Å². The van der Waals surface area contributed by atoms with E-state index < -0.39 is 0 Å². The van der Waals surface area contributed by atoms with Gasteiger partial charge in [0.2, 0.25) is 0 Å². The minimum Gasteiger partial charge on any atom is -0.464 e. The molecule has 0 amide bonds. The second-order valence-corrected chi connectivity index (χ2v) is 4.07. The Labute approximate surface area is 92.1 Å². The molecule has 1 atom stereocenters. The van der Waals surface area contributed by atoms with Crippen LogP contribution in [0.2, 0.25) is 0 Å². The van der Waals surface area contributed by atoms with Crippen molar-refractivity contribution in [2.75, 3.05) is 6.61 Å². The summed E-state index contributed by atoms with van der Waals surface area (Å²) in [4.78, 5) is 11.6. The van der Waals surface area contributed by atoms with Crippen LogP contribution in [0, 0.1) is 0 Å². The number of carbonyl (C=O) groups excluding carboxylic acids is 1. The first-order chi connectivity index (χ1) is 7.27. The Bertz CT molecular complexity index is 185. The lowest BCUT2D eigenvalue weighted by Crippen LogP contribution is -2.30. The Morgan fingerprint density at radius 3 is 2.53 bits per heavy atom. The van der Waals surface area contributed by atoms with Crippen molar-refractivity contribution in [3.05, 3.63) is 0 Å². The zero-order valence-electron chi connectivity index (χ0n) is 9.83. The summed E-state index contributed by atoms with van der Waals surface area (Å²) in [6.45, 7) is 4.33. The normalized spacial score (nSPS) is 19.1. The molecule has 0 saturated heterocycles. The van der Waals surface area contributed by atoms with Gasteiger partial charge in [0.05, 0.1) is 12.7 Å². The molecule has 0 radical (unpaired) electrons. The SMILES string of the molecule is CCCC(OC1CCCC1)C(=O)OCC. The van der Waals surface area contributed by atoms with E-state index in [1.54, 1.807) is 0 Å². The molecule has 0 N–H and O–H groups in total. The molecule has 0 aromatic rings. The standard InChI is InChI=1S/C12H22O3/c1-3-7-11(12(13)14-4-2)15-10-8-5-6-9-10/h10-11H,3-9H2,1-2H3. The molecule has 1 saturated carbocycles.